The second kappa shape index (κ2) is 6.09. The molecule has 2 aromatic rings. The van der Waals surface area contributed by atoms with E-state index in [1.54, 1.807) is 24.4 Å². The Morgan fingerprint density at radius 2 is 2.17 bits per heavy atom. The maximum Gasteiger partial charge on any atom is 0.263 e. The van der Waals surface area contributed by atoms with E-state index in [1.807, 2.05) is 6.92 Å². The van der Waals surface area contributed by atoms with E-state index in [0.717, 1.165) is 4.88 Å². The molecule has 9 heteroatoms. The average molecular weight is 350 g/mol. The van der Waals surface area contributed by atoms with E-state index in [2.05, 4.69) is 20.0 Å². The molecule has 23 heavy (non-hydrogen) atoms. The number of aromatic nitrogens is 1. The van der Waals surface area contributed by atoms with Crippen LogP contribution in [0, 0.1) is 6.92 Å². The fourth-order valence-electron chi connectivity index (χ4n) is 2.11. The molecule has 0 saturated carbocycles. The normalized spacial score (nSPS) is 16.8. The van der Waals surface area contributed by atoms with Gasteiger partial charge >= 0.3 is 0 Å². The molecule has 1 aromatic heterocycles. The predicted molar refractivity (Wildman–Crippen MR) is 88.3 cm³/mol. The lowest BCUT2D eigenvalue weighted by Gasteiger charge is -2.01. The van der Waals surface area contributed by atoms with E-state index in [9.17, 15) is 13.2 Å². The minimum atomic E-state index is -3.54. The van der Waals surface area contributed by atoms with Gasteiger partial charge in [-0.05, 0) is 19.1 Å². The van der Waals surface area contributed by atoms with Crippen molar-refractivity contribution >= 4 is 38.2 Å². The molecule has 0 radical (unpaired) electrons. The van der Waals surface area contributed by atoms with Crippen molar-refractivity contribution in [3.63, 3.8) is 0 Å². The van der Waals surface area contributed by atoms with Crippen LogP contribution in [0.25, 0.3) is 0 Å². The van der Waals surface area contributed by atoms with Crippen LogP contribution in [0.2, 0.25) is 0 Å². The van der Waals surface area contributed by atoms with E-state index in [-0.39, 0.29) is 29.6 Å². The van der Waals surface area contributed by atoms with Crippen LogP contribution in [0.5, 0.6) is 0 Å². The van der Waals surface area contributed by atoms with E-state index in [1.165, 1.54) is 17.4 Å². The molecule has 0 atom stereocenters. The van der Waals surface area contributed by atoms with Gasteiger partial charge in [0.1, 0.15) is 5.84 Å². The van der Waals surface area contributed by atoms with Gasteiger partial charge in [0.15, 0.2) is 5.13 Å². The van der Waals surface area contributed by atoms with Crippen LogP contribution >= 0.6 is 11.3 Å². The van der Waals surface area contributed by atoms with Gasteiger partial charge in [-0.25, -0.2) is 13.4 Å². The number of aryl methyl sites for hydroxylation is 1. The van der Waals surface area contributed by atoms with Crippen LogP contribution in [0.15, 0.2) is 40.4 Å². The summed E-state index contributed by atoms with van der Waals surface area (Å²) < 4.78 is 26.3. The topological polar surface area (TPSA) is 101 Å². The molecule has 7 nitrogen and oxygen atoms in total. The van der Waals surface area contributed by atoms with Gasteiger partial charge in [-0.3, -0.25) is 14.5 Å². The summed E-state index contributed by atoms with van der Waals surface area (Å²) in [6.45, 7) is 2.09. The number of carbonyl (C=O) groups excluding carboxylic acids is 1. The maximum absolute atomic E-state index is 11.9. The number of rotatable bonds is 4. The molecule has 0 spiro atoms. The Morgan fingerprint density at radius 1 is 1.39 bits per heavy atom. The first-order chi connectivity index (χ1) is 11.0. The van der Waals surface area contributed by atoms with Crippen molar-refractivity contribution in [3.8, 4) is 0 Å². The molecular weight excluding hydrogens is 336 g/mol. The molecule has 0 bridgehead atoms. The Kier molecular flexibility index (Phi) is 4.14. The molecular formula is C14H14N4O3S2. The Balaban J connectivity index is 1.64. The molecule has 1 aromatic carbocycles. The highest BCUT2D eigenvalue weighted by Gasteiger charge is 2.29. The molecule has 0 aliphatic carbocycles. The minimum Gasteiger partial charge on any atom is -0.302 e. The Bertz CT molecular complexity index is 887. The van der Waals surface area contributed by atoms with Gasteiger partial charge in [0.2, 0.25) is 5.91 Å². The van der Waals surface area contributed by atoms with Crippen LogP contribution in [-0.4, -0.2) is 31.7 Å². The number of hydrogen-bond acceptors (Lipinski definition) is 6. The quantitative estimate of drug-likeness (QED) is 0.873. The number of aliphatic imine (C=N–C) groups is 1. The summed E-state index contributed by atoms with van der Waals surface area (Å²) in [7, 11) is -3.54. The molecule has 120 valence electrons. The fourth-order valence-corrected chi connectivity index (χ4v) is 4.05. The zero-order valence-corrected chi connectivity index (χ0v) is 13.9. The summed E-state index contributed by atoms with van der Waals surface area (Å²) in [4.78, 5) is 21.3. The Hall–Kier alpha value is -2.26. The van der Waals surface area contributed by atoms with Gasteiger partial charge in [0.05, 0.1) is 11.4 Å². The van der Waals surface area contributed by atoms with Crippen LogP contribution < -0.4 is 10.0 Å². The summed E-state index contributed by atoms with van der Waals surface area (Å²) in [5.41, 5.74) is 0.531. The van der Waals surface area contributed by atoms with Crippen LogP contribution in [0.1, 0.15) is 16.9 Å². The third-order valence-electron chi connectivity index (χ3n) is 3.14. The van der Waals surface area contributed by atoms with Crippen molar-refractivity contribution in [2.24, 2.45) is 4.99 Å². The zero-order valence-electron chi connectivity index (χ0n) is 12.2. The number of anilines is 1. The highest BCUT2D eigenvalue weighted by atomic mass is 32.2. The van der Waals surface area contributed by atoms with E-state index in [0.29, 0.717) is 10.7 Å². The second-order valence-corrected chi connectivity index (χ2v) is 7.79. The fraction of sp³-hybridized carbons (Fsp3) is 0.214. The van der Waals surface area contributed by atoms with Crippen molar-refractivity contribution in [2.75, 3.05) is 11.9 Å². The first-order valence-electron chi connectivity index (χ1n) is 6.85. The molecule has 2 N–H and O–H groups in total. The number of fused-ring (bicyclic) bond motifs is 1. The largest absolute Gasteiger partial charge is 0.302 e. The number of hydrogen-bond donors (Lipinski definition) is 2. The number of carbonyl (C=O) groups is 1. The molecule has 3 rings (SSSR count). The van der Waals surface area contributed by atoms with Crippen LogP contribution in [0.4, 0.5) is 5.13 Å². The van der Waals surface area contributed by atoms with Crippen LogP contribution in [0.3, 0.4) is 0 Å². The number of amidine groups is 1. The van der Waals surface area contributed by atoms with Gasteiger partial charge < -0.3 is 5.32 Å². The lowest BCUT2D eigenvalue weighted by molar-refractivity contribution is -0.116. The molecule has 0 fully saturated rings. The van der Waals surface area contributed by atoms with Crippen molar-refractivity contribution in [2.45, 2.75) is 18.2 Å². The average Bonchev–Trinajstić information content (AvgIpc) is 3.01. The number of amides is 1. The molecule has 0 unspecified atom stereocenters. The molecule has 1 aliphatic rings. The number of benzene rings is 1. The van der Waals surface area contributed by atoms with E-state index < -0.39 is 10.0 Å². The van der Waals surface area contributed by atoms with Crippen molar-refractivity contribution < 1.29 is 13.2 Å². The molecule has 1 aliphatic heterocycles. The first-order valence-corrected chi connectivity index (χ1v) is 9.14. The van der Waals surface area contributed by atoms with E-state index in [4.69, 9.17) is 0 Å². The third kappa shape index (κ3) is 3.40. The summed E-state index contributed by atoms with van der Waals surface area (Å²) in [5, 5.41) is 3.23. The van der Waals surface area contributed by atoms with Gasteiger partial charge in [-0.15, -0.1) is 11.3 Å². The Morgan fingerprint density at radius 3 is 2.91 bits per heavy atom. The van der Waals surface area contributed by atoms with Crippen LogP contribution in [-0.2, 0) is 14.8 Å². The monoisotopic (exact) mass is 350 g/mol. The standard InChI is InChI=1S/C14H14N4O3S2/c1-9-8-16-14(22-9)17-12(19)6-7-15-13-10-4-2-3-5-11(10)23(20,21)18-13/h2-5,8H,6-7H2,1H3,(H,15,18)(H,16,17,19). The van der Waals surface area contributed by atoms with Crippen molar-refractivity contribution in [1.29, 1.82) is 0 Å². The summed E-state index contributed by atoms with van der Waals surface area (Å²) in [5.74, 6) is 0.0660. The SMILES string of the molecule is Cc1cnc(NC(=O)CCN=C2NS(=O)(=O)c3ccccc32)s1. The predicted octanol–water partition coefficient (Wildman–Crippen LogP) is 1.52. The zero-order chi connectivity index (χ0) is 16.4. The van der Waals surface area contributed by atoms with Crippen molar-refractivity contribution in [3.05, 3.63) is 40.9 Å². The van der Waals surface area contributed by atoms with Gasteiger partial charge in [0.25, 0.3) is 10.0 Å². The third-order valence-corrected chi connectivity index (χ3v) is 5.36. The smallest absolute Gasteiger partial charge is 0.263 e. The summed E-state index contributed by atoms with van der Waals surface area (Å²) >= 11 is 1.39. The Labute approximate surface area is 137 Å². The second-order valence-electron chi connectivity index (χ2n) is 4.91. The van der Waals surface area contributed by atoms with Gasteiger partial charge in [0, 0.05) is 23.1 Å². The minimum absolute atomic E-state index is 0.145. The first kappa shape index (κ1) is 15.6. The molecule has 2 heterocycles. The molecule has 0 saturated heterocycles. The number of thiazole rings is 1. The van der Waals surface area contributed by atoms with Crippen molar-refractivity contribution in [1.82, 2.24) is 9.71 Å². The lowest BCUT2D eigenvalue weighted by atomic mass is 10.2. The van der Waals surface area contributed by atoms with Gasteiger partial charge in [-0.2, -0.15) is 0 Å². The van der Waals surface area contributed by atoms with E-state index >= 15 is 0 Å². The highest BCUT2D eigenvalue weighted by Crippen LogP contribution is 2.22. The molecule has 1 amide bonds. The number of nitrogens with zero attached hydrogens (tertiary/aromatic N) is 2. The maximum atomic E-state index is 11.9. The van der Waals surface area contributed by atoms with Gasteiger partial charge in [-0.1, -0.05) is 12.1 Å². The highest BCUT2D eigenvalue weighted by molar-refractivity contribution is 7.90. The number of sulfonamides is 1. The lowest BCUT2D eigenvalue weighted by Crippen LogP contribution is -2.23. The summed E-state index contributed by atoms with van der Waals surface area (Å²) in [6, 6.07) is 6.61. The summed E-state index contributed by atoms with van der Waals surface area (Å²) in [6.07, 6.45) is 1.83. The number of nitrogens with one attached hydrogen (secondary N) is 2.